The van der Waals surface area contributed by atoms with Crippen LogP contribution in [-0.2, 0) is 4.79 Å². The first-order chi connectivity index (χ1) is 18.1. The van der Waals surface area contributed by atoms with E-state index in [1.165, 1.54) is 0 Å². The highest BCUT2D eigenvalue weighted by Gasteiger charge is 2.33. The fraction of sp³-hybridized carbons (Fsp3) is 0.571. The van der Waals surface area contributed by atoms with Gasteiger partial charge in [0.2, 0.25) is 11.8 Å². The van der Waals surface area contributed by atoms with Crippen molar-refractivity contribution in [1.82, 2.24) is 15.2 Å². The monoisotopic (exact) mass is 508 g/mol. The fourth-order valence-corrected chi connectivity index (χ4v) is 5.44. The van der Waals surface area contributed by atoms with Gasteiger partial charge in [-0.15, -0.1) is 0 Å². The summed E-state index contributed by atoms with van der Waals surface area (Å²) in [5.74, 6) is 1.84. The van der Waals surface area contributed by atoms with Gasteiger partial charge < -0.3 is 34.4 Å². The third-order valence-electron chi connectivity index (χ3n) is 7.73. The topological polar surface area (TPSA) is 96.4 Å². The van der Waals surface area contributed by atoms with Gasteiger partial charge in [0, 0.05) is 25.7 Å². The van der Waals surface area contributed by atoms with Gasteiger partial charge in [0.15, 0.2) is 11.5 Å². The minimum Gasteiger partial charge on any atom is -0.486 e. The number of amides is 1. The van der Waals surface area contributed by atoms with Crippen molar-refractivity contribution in [3.8, 4) is 17.4 Å². The average molecular weight is 509 g/mol. The van der Waals surface area contributed by atoms with Crippen LogP contribution in [0.2, 0.25) is 0 Å². The molecule has 1 saturated carbocycles. The lowest BCUT2D eigenvalue weighted by molar-refractivity contribution is -0.126. The van der Waals surface area contributed by atoms with E-state index in [4.69, 9.17) is 14.2 Å². The SMILES string of the molecule is O=C(N[C@H](CN1CCCC1)[C@H](O)c1ccc2c(c1)OCCO2)[C@H]1CCN(c2ccc(OC3CC3)nc2)C1. The molecule has 6 rings (SSSR count). The summed E-state index contributed by atoms with van der Waals surface area (Å²) in [5.41, 5.74) is 1.73. The molecule has 0 bridgehead atoms. The lowest BCUT2D eigenvalue weighted by Gasteiger charge is -2.30. The Morgan fingerprint density at radius 1 is 1.08 bits per heavy atom. The number of hydrogen-bond acceptors (Lipinski definition) is 8. The number of hydrogen-bond donors (Lipinski definition) is 2. The van der Waals surface area contributed by atoms with Gasteiger partial charge in [-0.3, -0.25) is 4.79 Å². The Kier molecular flexibility index (Phi) is 7.06. The first-order valence-corrected chi connectivity index (χ1v) is 13.6. The molecule has 2 saturated heterocycles. The Bertz CT molecular complexity index is 1090. The van der Waals surface area contributed by atoms with Crippen LogP contribution in [0.5, 0.6) is 17.4 Å². The van der Waals surface area contributed by atoms with E-state index in [0.717, 1.165) is 63.0 Å². The normalized spacial score (nSPS) is 23.1. The number of carbonyl (C=O) groups is 1. The Labute approximate surface area is 217 Å². The van der Waals surface area contributed by atoms with Crippen LogP contribution in [0.25, 0.3) is 0 Å². The van der Waals surface area contributed by atoms with Crippen LogP contribution in [0.1, 0.15) is 43.8 Å². The zero-order chi connectivity index (χ0) is 25.2. The number of fused-ring (bicyclic) bond motifs is 1. The van der Waals surface area contributed by atoms with E-state index in [1.807, 2.05) is 36.5 Å². The third kappa shape index (κ3) is 5.78. The number of anilines is 1. The van der Waals surface area contributed by atoms with Crippen molar-refractivity contribution in [2.24, 2.45) is 5.92 Å². The van der Waals surface area contributed by atoms with Crippen molar-refractivity contribution in [2.45, 2.75) is 50.4 Å². The molecule has 9 nitrogen and oxygen atoms in total. The Balaban J connectivity index is 1.11. The molecule has 1 aromatic heterocycles. The lowest BCUT2D eigenvalue weighted by atomic mass is 9.99. The highest BCUT2D eigenvalue weighted by atomic mass is 16.6. The second kappa shape index (κ2) is 10.8. The van der Waals surface area contributed by atoms with Gasteiger partial charge in [0.25, 0.3) is 0 Å². The first kappa shape index (κ1) is 24.3. The maximum absolute atomic E-state index is 13.4. The molecule has 0 spiro atoms. The molecule has 0 unspecified atom stereocenters. The van der Waals surface area contributed by atoms with Crippen LogP contribution in [0.15, 0.2) is 36.5 Å². The Morgan fingerprint density at radius 2 is 1.89 bits per heavy atom. The maximum Gasteiger partial charge on any atom is 0.225 e. The van der Waals surface area contributed by atoms with Crippen molar-refractivity contribution in [2.75, 3.05) is 50.8 Å². The predicted molar refractivity (Wildman–Crippen MR) is 138 cm³/mol. The lowest BCUT2D eigenvalue weighted by Crippen LogP contribution is -2.48. The second-order valence-electron chi connectivity index (χ2n) is 10.6. The summed E-state index contributed by atoms with van der Waals surface area (Å²) in [7, 11) is 0. The van der Waals surface area contributed by atoms with Crippen LogP contribution >= 0.6 is 0 Å². The van der Waals surface area contributed by atoms with Gasteiger partial charge >= 0.3 is 0 Å². The molecule has 3 atom stereocenters. The molecule has 4 aliphatic rings. The predicted octanol–water partition coefficient (Wildman–Crippen LogP) is 2.53. The van der Waals surface area contributed by atoms with Gasteiger partial charge in [-0.2, -0.15) is 0 Å². The van der Waals surface area contributed by atoms with Crippen LogP contribution in [0, 0.1) is 5.92 Å². The standard InChI is InChI=1S/C28H36N4O5/c33-27(19-3-7-24-25(15-19)36-14-13-35-24)23(18-31-10-1-2-11-31)30-28(34)20-9-12-32(17-20)21-4-8-26(29-16-21)37-22-5-6-22/h3-4,7-8,15-16,20,22-23,27,33H,1-2,5-6,9-14,17-18H2,(H,30,34)/t20-,23+,27+/m0/s1. The van der Waals surface area contributed by atoms with E-state index in [1.54, 1.807) is 0 Å². The molecule has 1 aliphatic carbocycles. The molecule has 2 aromatic rings. The van der Waals surface area contributed by atoms with Crippen molar-refractivity contribution in [1.29, 1.82) is 0 Å². The highest BCUT2D eigenvalue weighted by Crippen LogP contribution is 2.34. The Morgan fingerprint density at radius 3 is 2.65 bits per heavy atom. The van der Waals surface area contributed by atoms with Crippen LogP contribution < -0.4 is 24.4 Å². The minimum atomic E-state index is -0.846. The van der Waals surface area contributed by atoms with Crippen molar-refractivity contribution in [3.05, 3.63) is 42.1 Å². The molecule has 0 radical (unpaired) electrons. The molecule has 9 heteroatoms. The summed E-state index contributed by atoms with van der Waals surface area (Å²) >= 11 is 0. The highest BCUT2D eigenvalue weighted by molar-refractivity contribution is 5.80. The summed E-state index contributed by atoms with van der Waals surface area (Å²) in [6.07, 6.45) is 6.59. The van der Waals surface area contributed by atoms with Crippen molar-refractivity contribution < 1.29 is 24.1 Å². The molecular weight excluding hydrogens is 472 g/mol. The number of nitrogens with one attached hydrogen (secondary N) is 1. The summed E-state index contributed by atoms with van der Waals surface area (Å²) < 4.78 is 17.1. The molecule has 1 amide bonds. The van der Waals surface area contributed by atoms with E-state index < -0.39 is 12.1 Å². The van der Waals surface area contributed by atoms with Crippen LogP contribution in [-0.4, -0.2) is 79.0 Å². The largest absolute Gasteiger partial charge is 0.486 e. The van der Waals surface area contributed by atoms with Crippen molar-refractivity contribution in [3.63, 3.8) is 0 Å². The zero-order valence-electron chi connectivity index (χ0n) is 21.2. The Hall–Kier alpha value is -3.04. The summed E-state index contributed by atoms with van der Waals surface area (Å²) in [5, 5.41) is 14.6. The second-order valence-corrected chi connectivity index (χ2v) is 10.6. The summed E-state index contributed by atoms with van der Waals surface area (Å²) in [6.45, 7) is 5.04. The van der Waals surface area contributed by atoms with E-state index in [-0.39, 0.29) is 11.8 Å². The number of rotatable bonds is 9. The summed E-state index contributed by atoms with van der Waals surface area (Å²) in [6, 6.07) is 9.06. The molecule has 2 N–H and O–H groups in total. The summed E-state index contributed by atoms with van der Waals surface area (Å²) in [4.78, 5) is 22.4. The van der Waals surface area contributed by atoms with Gasteiger partial charge in [-0.1, -0.05) is 6.07 Å². The maximum atomic E-state index is 13.4. The molecule has 3 fully saturated rings. The number of ether oxygens (including phenoxy) is 3. The zero-order valence-corrected chi connectivity index (χ0v) is 21.2. The number of pyridine rings is 1. The van der Waals surface area contributed by atoms with Gasteiger partial charge in [0.1, 0.15) is 25.4 Å². The third-order valence-corrected chi connectivity index (χ3v) is 7.73. The number of likely N-dealkylation sites (tertiary alicyclic amines) is 1. The average Bonchev–Trinajstić information content (AvgIpc) is 3.37. The molecular formula is C28H36N4O5. The number of nitrogens with zero attached hydrogens (tertiary/aromatic N) is 3. The smallest absolute Gasteiger partial charge is 0.225 e. The van der Waals surface area contributed by atoms with E-state index in [0.29, 0.717) is 49.8 Å². The number of benzene rings is 1. The van der Waals surface area contributed by atoms with Crippen LogP contribution in [0.4, 0.5) is 5.69 Å². The number of aliphatic hydroxyl groups excluding tert-OH is 1. The molecule has 4 heterocycles. The molecule has 1 aromatic carbocycles. The van der Waals surface area contributed by atoms with E-state index in [9.17, 15) is 9.90 Å². The fourth-order valence-electron chi connectivity index (χ4n) is 5.44. The van der Waals surface area contributed by atoms with Gasteiger partial charge in [-0.25, -0.2) is 4.98 Å². The molecule has 37 heavy (non-hydrogen) atoms. The van der Waals surface area contributed by atoms with E-state index in [2.05, 4.69) is 20.1 Å². The molecule has 198 valence electrons. The minimum absolute atomic E-state index is 0.00932. The number of carbonyl (C=O) groups excluding carboxylic acids is 1. The van der Waals surface area contributed by atoms with Gasteiger partial charge in [-0.05, 0) is 69.0 Å². The first-order valence-electron chi connectivity index (χ1n) is 13.6. The van der Waals surface area contributed by atoms with E-state index >= 15 is 0 Å². The van der Waals surface area contributed by atoms with Crippen molar-refractivity contribution >= 4 is 11.6 Å². The number of aliphatic hydroxyl groups is 1. The van der Waals surface area contributed by atoms with Gasteiger partial charge in [0.05, 0.1) is 23.8 Å². The number of aromatic nitrogens is 1. The molecule has 3 aliphatic heterocycles. The quantitative estimate of drug-likeness (QED) is 0.534. The van der Waals surface area contributed by atoms with Crippen LogP contribution in [0.3, 0.4) is 0 Å².